The van der Waals surface area contributed by atoms with Gasteiger partial charge >= 0.3 is 6.03 Å². The normalized spacial score (nSPS) is 15.5. The fourth-order valence-electron chi connectivity index (χ4n) is 5.14. The smallest absolute Gasteiger partial charge is 0.323 e. The number of halogens is 1. The summed E-state index contributed by atoms with van der Waals surface area (Å²) in [4.78, 5) is 20.3. The SMILES string of the molecule is CCCN(c1cc(NC(=O)Nc2ccccc2F)cc(-c2ccccc2/C(N)=N/N)n1)C1CCC(C)(C)CC1. The number of hydrogen-bond donors (Lipinski definition) is 4. The van der Waals surface area contributed by atoms with Gasteiger partial charge < -0.3 is 27.1 Å². The van der Waals surface area contributed by atoms with Gasteiger partial charge in [-0.2, -0.15) is 5.10 Å². The Kier molecular flexibility index (Phi) is 8.69. The third kappa shape index (κ3) is 6.85. The monoisotopic (exact) mass is 531 g/mol. The number of hydrazone groups is 1. The zero-order chi connectivity index (χ0) is 28.0. The summed E-state index contributed by atoms with van der Waals surface area (Å²) >= 11 is 0. The number of anilines is 3. The summed E-state index contributed by atoms with van der Waals surface area (Å²) in [6.45, 7) is 7.63. The number of carbonyl (C=O) groups excluding carboxylic acids is 1. The first kappa shape index (κ1) is 27.9. The number of pyridine rings is 1. The van der Waals surface area contributed by atoms with E-state index in [1.54, 1.807) is 18.2 Å². The Bertz CT molecular complexity index is 1330. The lowest BCUT2D eigenvalue weighted by Crippen LogP contribution is -2.41. The Morgan fingerprint density at radius 1 is 1.10 bits per heavy atom. The van der Waals surface area contributed by atoms with Crippen LogP contribution in [-0.2, 0) is 0 Å². The number of urea groups is 1. The van der Waals surface area contributed by atoms with Gasteiger partial charge in [0, 0.05) is 35.5 Å². The van der Waals surface area contributed by atoms with Crippen LogP contribution in [0, 0.1) is 11.2 Å². The summed E-state index contributed by atoms with van der Waals surface area (Å²) in [5, 5.41) is 9.15. The van der Waals surface area contributed by atoms with Crippen molar-refractivity contribution in [2.24, 2.45) is 22.1 Å². The van der Waals surface area contributed by atoms with E-state index >= 15 is 0 Å². The summed E-state index contributed by atoms with van der Waals surface area (Å²) in [5.74, 6) is 5.94. The van der Waals surface area contributed by atoms with Gasteiger partial charge in [0.2, 0.25) is 0 Å². The van der Waals surface area contributed by atoms with E-state index in [-0.39, 0.29) is 11.5 Å². The zero-order valence-corrected chi connectivity index (χ0v) is 22.9. The Morgan fingerprint density at radius 3 is 2.49 bits per heavy atom. The van der Waals surface area contributed by atoms with Gasteiger partial charge in [0.05, 0.1) is 11.4 Å². The highest BCUT2D eigenvalue weighted by Crippen LogP contribution is 2.39. The Morgan fingerprint density at radius 2 is 1.79 bits per heavy atom. The standard InChI is InChI=1S/C30H38FN7O/c1-4-17-38(21-13-15-30(2,3)16-14-21)27-19-20(34-29(39)36-25-12-8-7-11-24(25)31)18-26(35-27)22-9-5-6-10-23(22)28(32)37-33/h5-12,18-19,21H,4,13-17,33H2,1-3H3,(H2,32,37)(H2,34,35,36,39). The van der Waals surface area contributed by atoms with Crippen molar-refractivity contribution in [2.75, 3.05) is 22.1 Å². The van der Waals surface area contributed by atoms with Crippen LogP contribution in [0.2, 0.25) is 0 Å². The first-order valence-electron chi connectivity index (χ1n) is 13.4. The average molecular weight is 532 g/mol. The summed E-state index contributed by atoms with van der Waals surface area (Å²) in [7, 11) is 0. The molecule has 0 unspecified atom stereocenters. The zero-order valence-electron chi connectivity index (χ0n) is 22.9. The van der Waals surface area contributed by atoms with E-state index in [2.05, 4.69) is 41.4 Å². The Balaban J connectivity index is 1.74. The van der Waals surface area contributed by atoms with Crippen LogP contribution < -0.4 is 27.1 Å². The second-order valence-corrected chi connectivity index (χ2v) is 10.8. The molecule has 1 aliphatic rings. The number of nitrogens with one attached hydrogen (secondary N) is 2. The molecular formula is C30H38FN7O. The predicted octanol–water partition coefficient (Wildman–Crippen LogP) is 6.30. The van der Waals surface area contributed by atoms with Gasteiger partial charge in [-0.15, -0.1) is 0 Å². The molecule has 0 aliphatic heterocycles. The molecule has 9 heteroatoms. The largest absolute Gasteiger partial charge is 0.382 e. The molecule has 0 saturated heterocycles. The minimum atomic E-state index is -0.555. The number of aromatic nitrogens is 1. The summed E-state index contributed by atoms with van der Waals surface area (Å²) < 4.78 is 14.2. The summed E-state index contributed by atoms with van der Waals surface area (Å²) in [6, 6.07) is 17.0. The number of rotatable bonds is 8. The van der Waals surface area contributed by atoms with Crippen molar-refractivity contribution >= 4 is 29.1 Å². The molecule has 0 spiro atoms. The molecule has 1 aliphatic carbocycles. The molecule has 2 aromatic carbocycles. The van der Waals surface area contributed by atoms with Crippen LogP contribution in [-0.4, -0.2) is 29.4 Å². The number of amides is 2. The third-order valence-electron chi connectivity index (χ3n) is 7.32. The molecule has 1 fully saturated rings. The van der Waals surface area contributed by atoms with E-state index in [4.69, 9.17) is 16.6 Å². The maximum Gasteiger partial charge on any atom is 0.323 e. The van der Waals surface area contributed by atoms with Gasteiger partial charge in [0.1, 0.15) is 11.6 Å². The molecule has 0 atom stereocenters. The number of benzene rings is 2. The Labute approximate surface area is 229 Å². The van der Waals surface area contributed by atoms with Gasteiger partial charge in [-0.1, -0.05) is 57.2 Å². The Hall–Kier alpha value is -4.14. The highest BCUT2D eigenvalue weighted by molar-refractivity contribution is 6.04. The minimum absolute atomic E-state index is 0.0965. The lowest BCUT2D eigenvalue weighted by Gasteiger charge is -2.41. The highest BCUT2D eigenvalue weighted by Gasteiger charge is 2.31. The fourth-order valence-corrected chi connectivity index (χ4v) is 5.14. The molecule has 2 amide bonds. The summed E-state index contributed by atoms with van der Waals surface area (Å²) in [5.41, 5.74) is 9.07. The average Bonchev–Trinajstić information content (AvgIpc) is 2.92. The lowest BCUT2D eigenvalue weighted by atomic mass is 9.75. The molecule has 1 aromatic heterocycles. The van der Waals surface area contributed by atoms with Crippen LogP contribution in [0.4, 0.5) is 26.4 Å². The number of amidine groups is 1. The first-order valence-corrected chi connectivity index (χ1v) is 13.4. The number of para-hydroxylation sites is 1. The van der Waals surface area contributed by atoms with E-state index in [9.17, 15) is 9.18 Å². The third-order valence-corrected chi connectivity index (χ3v) is 7.32. The molecular weight excluding hydrogens is 493 g/mol. The molecule has 1 saturated carbocycles. The number of carbonyl (C=O) groups is 1. The lowest BCUT2D eigenvalue weighted by molar-refractivity contribution is 0.219. The summed E-state index contributed by atoms with van der Waals surface area (Å²) in [6.07, 6.45) is 5.36. The molecule has 206 valence electrons. The van der Waals surface area contributed by atoms with E-state index in [1.165, 1.54) is 12.1 Å². The van der Waals surface area contributed by atoms with Crippen LogP contribution in [0.5, 0.6) is 0 Å². The molecule has 6 N–H and O–H groups in total. The maximum absolute atomic E-state index is 14.2. The molecule has 8 nitrogen and oxygen atoms in total. The molecule has 4 rings (SSSR count). The van der Waals surface area contributed by atoms with Crippen molar-refractivity contribution in [3.05, 3.63) is 72.0 Å². The van der Waals surface area contributed by atoms with Crippen molar-refractivity contribution in [2.45, 2.75) is 58.9 Å². The highest BCUT2D eigenvalue weighted by atomic mass is 19.1. The van der Waals surface area contributed by atoms with E-state index in [0.717, 1.165) is 50.0 Å². The maximum atomic E-state index is 14.2. The van der Waals surface area contributed by atoms with E-state index in [0.29, 0.717) is 28.4 Å². The number of nitrogens with two attached hydrogens (primary N) is 2. The van der Waals surface area contributed by atoms with Crippen molar-refractivity contribution < 1.29 is 9.18 Å². The van der Waals surface area contributed by atoms with Crippen LogP contribution in [0.1, 0.15) is 58.4 Å². The van der Waals surface area contributed by atoms with Crippen molar-refractivity contribution in [1.29, 1.82) is 0 Å². The van der Waals surface area contributed by atoms with Crippen molar-refractivity contribution in [3.63, 3.8) is 0 Å². The van der Waals surface area contributed by atoms with E-state index in [1.807, 2.05) is 30.3 Å². The van der Waals surface area contributed by atoms with Gasteiger partial charge in [0.15, 0.2) is 5.84 Å². The van der Waals surface area contributed by atoms with Crippen molar-refractivity contribution in [1.82, 2.24) is 4.98 Å². The second kappa shape index (κ2) is 12.1. The number of hydrogen-bond acceptors (Lipinski definition) is 5. The van der Waals surface area contributed by atoms with Crippen LogP contribution in [0.3, 0.4) is 0 Å². The van der Waals surface area contributed by atoms with Gasteiger partial charge in [-0.05, 0) is 55.7 Å². The second-order valence-electron chi connectivity index (χ2n) is 10.8. The van der Waals surface area contributed by atoms with Gasteiger partial charge in [0.25, 0.3) is 0 Å². The van der Waals surface area contributed by atoms with Crippen LogP contribution in [0.15, 0.2) is 65.8 Å². The topological polar surface area (TPSA) is 122 Å². The molecule has 0 radical (unpaired) electrons. The fraction of sp³-hybridized carbons (Fsp3) is 0.367. The molecule has 1 heterocycles. The molecule has 3 aromatic rings. The van der Waals surface area contributed by atoms with Gasteiger partial charge in [-0.3, -0.25) is 0 Å². The molecule has 39 heavy (non-hydrogen) atoms. The van der Waals surface area contributed by atoms with Gasteiger partial charge in [-0.25, -0.2) is 14.2 Å². The van der Waals surface area contributed by atoms with Crippen molar-refractivity contribution in [3.8, 4) is 11.3 Å². The van der Waals surface area contributed by atoms with Crippen LogP contribution >= 0.6 is 0 Å². The molecule has 0 bridgehead atoms. The predicted molar refractivity (Wildman–Crippen MR) is 157 cm³/mol. The quantitative estimate of drug-likeness (QED) is 0.118. The first-order chi connectivity index (χ1) is 18.7. The number of nitrogens with zero attached hydrogens (tertiary/aromatic N) is 3. The minimum Gasteiger partial charge on any atom is -0.382 e. The van der Waals surface area contributed by atoms with Crippen LogP contribution in [0.25, 0.3) is 11.3 Å². The van der Waals surface area contributed by atoms with E-state index < -0.39 is 11.8 Å².